The van der Waals surface area contributed by atoms with Crippen LogP contribution in [0.3, 0.4) is 0 Å². The first kappa shape index (κ1) is 23.5. The van der Waals surface area contributed by atoms with Crippen LogP contribution < -0.4 is 10.6 Å². The quantitative estimate of drug-likeness (QED) is 0.374. The van der Waals surface area contributed by atoms with Crippen LogP contribution in [-0.4, -0.2) is 45.9 Å². The molecule has 1 aromatic heterocycles. The van der Waals surface area contributed by atoms with Crippen LogP contribution in [0.1, 0.15) is 36.8 Å². The highest BCUT2D eigenvalue weighted by Gasteiger charge is 2.25. The molecule has 2 aromatic rings. The first-order valence-electron chi connectivity index (χ1n) is 9.50. The minimum absolute atomic E-state index is 0.0949. The third kappa shape index (κ3) is 7.84. The van der Waals surface area contributed by atoms with Gasteiger partial charge in [-0.15, -0.1) is 0 Å². The van der Waals surface area contributed by atoms with Crippen molar-refractivity contribution in [3.05, 3.63) is 70.0 Å². The van der Waals surface area contributed by atoms with Crippen LogP contribution in [0.15, 0.2) is 48.7 Å². The monoisotopic (exact) mass is 428 g/mol. The Labute approximate surface area is 179 Å². The Bertz CT molecular complexity index is 939. The van der Waals surface area contributed by atoms with Gasteiger partial charge in [-0.05, 0) is 45.0 Å². The number of nitrogens with zero attached hydrogens (tertiary/aromatic N) is 2. The number of carbonyl (C=O) groups excluding carboxylic acids is 3. The van der Waals surface area contributed by atoms with Crippen molar-refractivity contribution >= 4 is 23.5 Å². The van der Waals surface area contributed by atoms with E-state index in [-0.39, 0.29) is 24.2 Å². The second kappa shape index (κ2) is 10.3. The molecule has 10 heteroatoms. The smallest absolute Gasteiger partial charge is 0.408 e. The second-order valence-corrected chi connectivity index (χ2v) is 7.67. The molecule has 0 spiro atoms. The van der Waals surface area contributed by atoms with Crippen molar-refractivity contribution in [3.8, 4) is 0 Å². The van der Waals surface area contributed by atoms with E-state index in [0.29, 0.717) is 5.69 Å². The summed E-state index contributed by atoms with van der Waals surface area (Å²) >= 11 is 0. The van der Waals surface area contributed by atoms with Gasteiger partial charge in [0, 0.05) is 36.0 Å². The number of carbonyl (C=O) groups is 3. The Kier molecular flexibility index (Phi) is 7.78. The number of ketones is 1. The summed E-state index contributed by atoms with van der Waals surface area (Å²) < 4.78 is 5.21. The maximum atomic E-state index is 12.7. The highest BCUT2D eigenvalue weighted by atomic mass is 16.6. The number of nitro groups is 1. The molecule has 0 saturated carbocycles. The van der Waals surface area contributed by atoms with Crippen LogP contribution in [0.4, 0.5) is 10.5 Å². The molecule has 10 nitrogen and oxygen atoms in total. The number of hydrogen-bond acceptors (Lipinski definition) is 7. The van der Waals surface area contributed by atoms with E-state index in [4.69, 9.17) is 4.74 Å². The van der Waals surface area contributed by atoms with Crippen molar-refractivity contribution in [1.82, 2.24) is 15.6 Å². The molecule has 0 aliphatic rings. The highest BCUT2D eigenvalue weighted by Crippen LogP contribution is 2.12. The number of benzene rings is 1. The van der Waals surface area contributed by atoms with E-state index in [2.05, 4.69) is 15.6 Å². The number of pyridine rings is 1. The van der Waals surface area contributed by atoms with E-state index in [1.807, 2.05) is 0 Å². The zero-order valence-electron chi connectivity index (χ0n) is 17.5. The molecule has 0 bridgehead atoms. The number of nitro benzene ring substituents is 1. The summed E-state index contributed by atoms with van der Waals surface area (Å²) in [6, 6.07) is 9.22. The normalized spacial score (nSPS) is 11.8. The van der Waals surface area contributed by atoms with E-state index in [0.717, 1.165) is 0 Å². The lowest BCUT2D eigenvalue weighted by Gasteiger charge is -2.23. The molecule has 1 heterocycles. The van der Waals surface area contributed by atoms with Crippen molar-refractivity contribution in [2.75, 3.05) is 6.54 Å². The highest BCUT2D eigenvalue weighted by molar-refractivity contribution is 6.00. The number of nitrogens with one attached hydrogen (secondary N) is 2. The third-order valence-electron chi connectivity index (χ3n) is 3.97. The molecule has 0 fully saturated rings. The van der Waals surface area contributed by atoms with Gasteiger partial charge in [-0.1, -0.05) is 6.07 Å². The van der Waals surface area contributed by atoms with Crippen LogP contribution in [0.2, 0.25) is 0 Å². The van der Waals surface area contributed by atoms with Crippen molar-refractivity contribution in [2.45, 2.75) is 38.8 Å². The lowest BCUT2D eigenvalue weighted by atomic mass is 10.1. The predicted molar refractivity (Wildman–Crippen MR) is 112 cm³/mol. The summed E-state index contributed by atoms with van der Waals surface area (Å²) in [4.78, 5) is 51.4. The number of rotatable bonds is 8. The summed E-state index contributed by atoms with van der Waals surface area (Å²) in [5.74, 6) is -1.02. The van der Waals surface area contributed by atoms with Crippen molar-refractivity contribution in [1.29, 1.82) is 0 Å². The van der Waals surface area contributed by atoms with Gasteiger partial charge in [-0.2, -0.15) is 0 Å². The van der Waals surface area contributed by atoms with Gasteiger partial charge >= 0.3 is 6.09 Å². The number of ether oxygens (including phenoxy) is 1. The fourth-order valence-corrected chi connectivity index (χ4v) is 2.55. The number of hydrogen-bond donors (Lipinski definition) is 2. The average molecular weight is 428 g/mol. The van der Waals surface area contributed by atoms with Gasteiger partial charge in [-0.3, -0.25) is 24.7 Å². The zero-order valence-corrected chi connectivity index (χ0v) is 17.5. The number of amides is 2. The van der Waals surface area contributed by atoms with Crippen LogP contribution in [0.5, 0.6) is 0 Å². The van der Waals surface area contributed by atoms with Crippen molar-refractivity contribution in [3.63, 3.8) is 0 Å². The molecule has 2 rings (SSSR count). The Hall–Kier alpha value is -3.82. The maximum Gasteiger partial charge on any atom is 0.408 e. The van der Waals surface area contributed by atoms with Crippen LogP contribution in [0, 0.1) is 10.1 Å². The first-order chi connectivity index (χ1) is 14.5. The summed E-state index contributed by atoms with van der Waals surface area (Å²) in [6.07, 6.45) is 0.887. The summed E-state index contributed by atoms with van der Waals surface area (Å²) in [5.41, 5.74) is -0.104. The topological polar surface area (TPSA) is 141 Å². The number of alkyl carbamates (subject to hydrolysis) is 1. The zero-order chi connectivity index (χ0) is 23.0. The molecule has 0 saturated heterocycles. The maximum absolute atomic E-state index is 12.7. The van der Waals surface area contributed by atoms with Gasteiger partial charge in [0.1, 0.15) is 11.6 Å². The van der Waals surface area contributed by atoms with Crippen LogP contribution in [-0.2, 0) is 16.0 Å². The number of aromatic nitrogens is 1. The molecule has 2 amide bonds. The van der Waals surface area contributed by atoms with Crippen molar-refractivity contribution < 1.29 is 24.0 Å². The SMILES string of the molecule is CC(C)(C)OC(=O)N[C@@H](Cc1ccccn1)C(=O)NCC(=O)c1ccc([N+](=O)[O-])cc1. The third-order valence-corrected chi connectivity index (χ3v) is 3.97. The molecule has 0 aliphatic carbocycles. The lowest BCUT2D eigenvalue weighted by molar-refractivity contribution is -0.384. The molecule has 2 N–H and O–H groups in total. The predicted octanol–water partition coefficient (Wildman–Crippen LogP) is 2.42. The van der Waals surface area contributed by atoms with Gasteiger partial charge in [0.2, 0.25) is 5.91 Å². The van der Waals surface area contributed by atoms with Gasteiger partial charge in [0.25, 0.3) is 5.69 Å². The van der Waals surface area contributed by atoms with E-state index in [1.165, 1.54) is 24.3 Å². The molecule has 1 aromatic carbocycles. The summed E-state index contributed by atoms with van der Waals surface area (Å²) in [7, 11) is 0. The Balaban J connectivity index is 2.04. The molecular weight excluding hydrogens is 404 g/mol. The largest absolute Gasteiger partial charge is 0.444 e. The minimum Gasteiger partial charge on any atom is -0.444 e. The second-order valence-electron chi connectivity index (χ2n) is 7.67. The summed E-state index contributed by atoms with van der Waals surface area (Å²) in [6.45, 7) is 4.75. The van der Waals surface area contributed by atoms with E-state index < -0.39 is 34.3 Å². The van der Waals surface area contributed by atoms with E-state index in [1.54, 1.807) is 45.2 Å². The van der Waals surface area contributed by atoms with Crippen molar-refractivity contribution in [2.24, 2.45) is 0 Å². The molecule has 0 aliphatic heterocycles. The van der Waals surface area contributed by atoms with Crippen LogP contribution >= 0.6 is 0 Å². The molecular formula is C21H24N4O6. The fraction of sp³-hybridized carbons (Fsp3) is 0.333. The van der Waals surface area contributed by atoms with Crippen LogP contribution in [0.25, 0.3) is 0 Å². The molecule has 1 atom stereocenters. The Morgan fingerprint density at radius 1 is 1.13 bits per heavy atom. The molecule has 31 heavy (non-hydrogen) atoms. The Morgan fingerprint density at radius 3 is 2.35 bits per heavy atom. The van der Waals surface area contributed by atoms with E-state index >= 15 is 0 Å². The average Bonchev–Trinajstić information content (AvgIpc) is 2.70. The summed E-state index contributed by atoms with van der Waals surface area (Å²) in [5, 5.41) is 15.7. The van der Waals surface area contributed by atoms with Gasteiger partial charge in [-0.25, -0.2) is 4.79 Å². The lowest BCUT2D eigenvalue weighted by Crippen LogP contribution is -2.50. The Morgan fingerprint density at radius 2 is 1.81 bits per heavy atom. The van der Waals surface area contributed by atoms with E-state index in [9.17, 15) is 24.5 Å². The molecule has 0 radical (unpaired) electrons. The standard InChI is InChI=1S/C21H24N4O6/c1-21(2,3)31-20(28)24-17(12-15-6-4-5-11-22-15)19(27)23-13-18(26)14-7-9-16(10-8-14)25(29)30/h4-11,17H,12-13H2,1-3H3,(H,23,27)(H,24,28)/t17-/m0/s1. The van der Waals surface area contributed by atoms with Gasteiger partial charge < -0.3 is 15.4 Å². The first-order valence-corrected chi connectivity index (χ1v) is 9.50. The van der Waals surface area contributed by atoms with Gasteiger partial charge in [0.15, 0.2) is 5.78 Å². The number of Topliss-reactive ketones (excluding diaryl/α,β-unsaturated/α-hetero) is 1. The fourth-order valence-electron chi connectivity index (χ4n) is 2.55. The van der Waals surface area contributed by atoms with Gasteiger partial charge in [0.05, 0.1) is 11.5 Å². The molecule has 164 valence electrons. The minimum atomic E-state index is -1.02. The number of non-ortho nitro benzene ring substituents is 1. The molecule has 0 unspecified atom stereocenters.